The fourth-order valence-corrected chi connectivity index (χ4v) is 4.42. The van der Waals surface area contributed by atoms with Gasteiger partial charge in [0.05, 0.1) is 12.0 Å². The third-order valence-electron chi connectivity index (χ3n) is 5.70. The molecule has 1 saturated carbocycles. The van der Waals surface area contributed by atoms with Crippen LogP contribution in [0.25, 0.3) is 0 Å². The van der Waals surface area contributed by atoms with E-state index in [1.165, 1.54) is 49.8 Å². The van der Waals surface area contributed by atoms with Crippen LogP contribution in [0.5, 0.6) is 0 Å². The van der Waals surface area contributed by atoms with E-state index in [4.69, 9.17) is 0 Å². The van der Waals surface area contributed by atoms with Crippen LogP contribution in [-0.4, -0.2) is 21.0 Å². The first-order valence-electron chi connectivity index (χ1n) is 9.31. The second-order valence-electron chi connectivity index (χ2n) is 7.26. The van der Waals surface area contributed by atoms with Crippen LogP contribution >= 0.6 is 0 Å². The van der Waals surface area contributed by atoms with E-state index in [-0.39, 0.29) is 5.82 Å². The van der Waals surface area contributed by atoms with Crippen molar-refractivity contribution in [3.05, 3.63) is 53.9 Å². The number of halogens is 1. The van der Waals surface area contributed by atoms with Gasteiger partial charge in [-0.25, -0.2) is 9.37 Å². The molecule has 0 spiro atoms. The summed E-state index contributed by atoms with van der Waals surface area (Å²) < 4.78 is 15.7. The summed E-state index contributed by atoms with van der Waals surface area (Å²) in [6, 6.07) is 8.11. The number of benzene rings is 1. The Balaban J connectivity index is 1.53. The van der Waals surface area contributed by atoms with E-state index < -0.39 is 0 Å². The van der Waals surface area contributed by atoms with Gasteiger partial charge in [-0.15, -0.1) is 0 Å². The minimum absolute atomic E-state index is 0.152. The fourth-order valence-electron chi connectivity index (χ4n) is 4.42. The summed E-state index contributed by atoms with van der Waals surface area (Å²) in [6.07, 6.45) is 12.9. The van der Waals surface area contributed by atoms with Crippen molar-refractivity contribution in [1.29, 1.82) is 0 Å². The molecule has 1 saturated heterocycles. The Bertz CT molecular complexity index is 658. The van der Waals surface area contributed by atoms with Crippen LogP contribution in [0.4, 0.5) is 4.39 Å². The molecule has 2 fully saturated rings. The molecule has 2 heterocycles. The van der Waals surface area contributed by atoms with Crippen LogP contribution in [0.2, 0.25) is 0 Å². The first kappa shape index (κ1) is 15.8. The highest BCUT2D eigenvalue weighted by molar-refractivity contribution is 5.21. The third-order valence-corrected chi connectivity index (χ3v) is 5.70. The van der Waals surface area contributed by atoms with Crippen LogP contribution in [-0.2, 0) is 6.54 Å². The summed E-state index contributed by atoms with van der Waals surface area (Å²) in [5.74, 6) is -0.152. The van der Waals surface area contributed by atoms with Crippen molar-refractivity contribution in [1.82, 2.24) is 14.5 Å². The average molecular weight is 327 g/mol. The predicted octanol–water partition coefficient (Wildman–Crippen LogP) is 4.86. The Hall–Kier alpha value is -1.68. The monoisotopic (exact) mass is 327 g/mol. The Morgan fingerprint density at radius 2 is 1.75 bits per heavy atom. The van der Waals surface area contributed by atoms with Gasteiger partial charge in [0.2, 0.25) is 0 Å². The molecule has 1 atom stereocenters. The number of hydrogen-bond acceptors (Lipinski definition) is 2. The van der Waals surface area contributed by atoms with Crippen molar-refractivity contribution in [3.63, 3.8) is 0 Å². The van der Waals surface area contributed by atoms with E-state index in [1.807, 2.05) is 24.7 Å². The van der Waals surface area contributed by atoms with Crippen molar-refractivity contribution in [3.8, 4) is 0 Å². The van der Waals surface area contributed by atoms with Gasteiger partial charge in [0.15, 0.2) is 0 Å². The molecule has 1 aromatic heterocycles. The minimum atomic E-state index is -0.152. The molecule has 4 rings (SSSR count). The highest BCUT2D eigenvalue weighted by Gasteiger charge is 2.26. The molecule has 24 heavy (non-hydrogen) atoms. The molecule has 0 N–H and O–H groups in total. The van der Waals surface area contributed by atoms with E-state index in [1.54, 1.807) is 12.1 Å². The van der Waals surface area contributed by atoms with Gasteiger partial charge in [-0.1, -0.05) is 31.4 Å². The van der Waals surface area contributed by atoms with E-state index in [0.29, 0.717) is 12.1 Å². The summed E-state index contributed by atoms with van der Waals surface area (Å²) in [5, 5.41) is 0. The van der Waals surface area contributed by atoms with Gasteiger partial charge >= 0.3 is 0 Å². The summed E-state index contributed by atoms with van der Waals surface area (Å²) in [4.78, 5) is 6.98. The maximum atomic E-state index is 13.3. The summed E-state index contributed by atoms with van der Waals surface area (Å²) in [5.41, 5.74) is 2.57. The van der Waals surface area contributed by atoms with Crippen molar-refractivity contribution in [2.24, 2.45) is 0 Å². The first-order valence-corrected chi connectivity index (χ1v) is 9.31. The van der Waals surface area contributed by atoms with Gasteiger partial charge < -0.3 is 4.57 Å². The molecule has 0 bridgehead atoms. The summed E-state index contributed by atoms with van der Waals surface area (Å²) >= 11 is 0. The number of likely N-dealkylation sites (tertiary alicyclic amines) is 1. The van der Waals surface area contributed by atoms with Gasteiger partial charge in [-0.05, 0) is 49.9 Å². The fraction of sp³-hybridized carbons (Fsp3) is 0.550. The lowest BCUT2D eigenvalue weighted by atomic mass is 9.95. The zero-order valence-corrected chi connectivity index (χ0v) is 14.2. The normalized spacial score (nSPS) is 23.0. The molecular formula is C20H26FN3. The Morgan fingerprint density at radius 3 is 2.54 bits per heavy atom. The molecule has 2 aliphatic rings. The number of piperidine rings is 1. The smallest absolute Gasteiger partial charge is 0.123 e. The van der Waals surface area contributed by atoms with E-state index in [2.05, 4.69) is 14.5 Å². The molecule has 0 radical (unpaired) electrons. The van der Waals surface area contributed by atoms with E-state index in [9.17, 15) is 4.39 Å². The van der Waals surface area contributed by atoms with Gasteiger partial charge in [-0.2, -0.15) is 0 Å². The molecule has 3 nitrogen and oxygen atoms in total. The highest BCUT2D eigenvalue weighted by atomic mass is 19.1. The molecule has 1 aromatic carbocycles. The molecule has 1 aliphatic heterocycles. The standard InChI is InChI=1S/C20H26FN3/c21-17-10-8-16(9-11-17)20-7-3-4-12-23(20)14-19-13-22-15-24(19)18-5-1-2-6-18/h8-11,13,15,18,20H,1-7,12,14H2/t20-/m1/s1. The zero-order valence-electron chi connectivity index (χ0n) is 14.2. The minimum Gasteiger partial charge on any atom is -0.330 e. The highest BCUT2D eigenvalue weighted by Crippen LogP contribution is 2.34. The Morgan fingerprint density at radius 1 is 1.00 bits per heavy atom. The van der Waals surface area contributed by atoms with Crippen molar-refractivity contribution in [2.45, 2.75) is 63.6 Å². The van der Waals surface area contributed by atoms with Crippen LogP contribution < -0.4 is 0 Å². The van der Waals surface area contributed by atoms with Gasteiger partial charge in [0, 0.05) is 24.8 Å². The van der Waals surface area contributed by atoms with Crippen LogP contribution in [0.1, 0.15) is 68.3 Å². The van der Waals surface area contributed by atoms with Crippen molar-refractivity contribution in [2.75, 3.05) is 6.54 Å². The summed E-state index contributed by atoms with van der Waals surface area (Å²) in [7, 11) is 0. The zero-order chi connectivity index (χ0) is 16.4. The van der Waals surface area contributed by atoms with Crippen LogP contribution in [0.15, 0.2) is 36.8 Å². The van der Waals surface area contributed by atoms with E-state index in [0.717, 1.165) is 19.5 Å². The predicted molar refractivity (Wildman–Crippen MR) is 93.1 cm³/mol. The lowest BCUT2D eigenvalue weighted by Crippen LogP contribution is -2.33. The molecule has 0 unspecified atom stereocenters. The maximum absolute atomic E-state index is 13.3. The lowest BCUT2D eigenvalue weighted by molar-refractivity contribution is 0.136. The van der Waals surface area contributed by atoms with Gasteiger partial charge in [0.1, 0.15) is 5.82 Å². The number of hydrogen-bond donors (Lipinski definition) is 0. The quantitative estimate of drug-likeness (QED) is 0.799. The number of nitrogens with zero attached hydrogens (tertiary/aromatic N) is 3. The molecule has 2 aromatic rings. The first-order chi connectivity index (χ1) is 11.8. The SMILES string of the molecule is Fc1ccc([C@H]2CCCCN2Cc2cncn2C2CCCC2)cc1. The van der Waals surface area contributed by atoms with Gasteiger partial charge in [0.25, 0.3) is 0 Å². The van der Waals surface area contributed by atoms with Gasteiger partial charge in [-0.3, -0.25) is 4.90 Å². The maximum Gasteiger partial charge on any atom is 0.123 e. The summed E-state index contributed by atoms with van der Waals surface area (Å²) in [6.45, 7) is 2.05. The van der Waals surface area contributed by atoms with Crippen LogP contribution in [0.3, 0.4) is 0 Å². The molecule has 1 aliphatic carbocycles. The molecule has 4 heteroatoms. The Labute approximate surface area is 143 Å². The lowest BCUT2D eigenvalue weighted by Gasteiger charge is -2.36. The van der Waals surface area contributed by atoms with Crippen molar-refractivity contribution >= 4 is 0 Å². The number of rotatable bonds is 4. The average Bonchev–Trinajstić information content (AvgIpc) is 3.27. The number of imidazole rings is 1. The second-order valence-corrected chi connectivity index (χ2v) is 7.26. The third kappa shape index (κ3) is 3.25. The van der Waals surface area contributed by atoms with Crippen molar-refractivity contribution < 1.29 is 4.39 Å². The molecule has 0 amide bonds. The largest absolute Gasteiger partial charge is 0.330 e. The second kappa shape index (κ2) is 7.06. The topological polar surface area (TPSA) is 21.1 Å². The van der Waals surface area contributed by atoms with E-state index >= 15 is 0 Å². The van der Waals surface area contributed by atoms with Crippen LogP contribution in [0, 0.1) is 5.82 Å². The molecular weight excluding hydrogens is 301 g/mol. The Kier molecular flexibility index (Phi) is 4.65. The number of aromatic nitrogens is 2. The molecule has 128 valence electrons.